The second-order valence-corrected chi connectivity index (χ2v) is 6.94. The van der Waals surface area contributed by atoms with Crippen LogP contribution in [0.1, 0.15) is 11.6 Å². The van der Waals surface area contributed by atoms with Crippen molar-refractivity contribution in [2.45, 2.75) is 6.04 Å². The number of ether oxygens (including phenoxy) is 1. The molecule has 3 aromatic rings. The second-order valence-electron chi connectivity index (χ2n) is 6.94. The number of nitrogens with zero attached hydrogens (tertiary/aromatic N) is 1. The largest absolute Gasteiger partial charge is 0.497 e. The predicted molar refractivity (Wildman–Crippen MR) is 115 cm³/mol. The summed E-state index contributed by atoms with van der Waals surface area (Å²) in [5.74, 6) is -0.791. The summed E-state index contributed by atoms with van der Waals surface area (Å²) in [5.41, 5.74) is 1.60. The van der Waals surface area contributed by atoms with E-state index in [2.05, 4.69) is 34.9 Å². The number of benzene rings is 3. The van der Waals surface area contributed by atoms with Gasteiger partial charge in [-0.15, -0.1) is 0 Å². The average Bonchev–Trinajstić information content (AvgIpc) is 2.73. The highest BCUT2D eigenvalue weighted by molar-refractivity contribution is 6.39. The van der Waals surface area contributed by atoms with Gasteiger partial charge in [-0.1, -0.05) is 48.5 Å². The highest BCUT2D eigenvalue weighted by atomic mass is 16.5. The molecule has 3 rings (SSSR count). The molecule has 2 N–H and O–H groups in total. The van der Waals surface area contributed by atoms with E-state index < -0.39 is 11.8 Å². The van der Waals surface area contributed by atoms with Crippen LogP contribution in [0.2, 0.25) is 0 Å². The van der Waals surface area contributed by atoms with Crippen molar-refractivity contribution in [3.05, 3.63) is 72.3 Å². The molecule has 2 amide bonds. The Morgan fingerprint density at radius 2 is 1.69 bits per heavy atom. The van der Waals surface area contributed by atoms with E-state index >= 15 is 0 Å². The SMILES string of the molecule is COc1cccc(NC(=O)C(=O)NC[C@H](c2cccc3ccccc23)N(C)C)c1. The summed E-state index contributed by atoms with van der Waals surface area (Å²) in [6.07, 6.45) is 0. The van der Waals surface area contributed by atoms with E-state index in [-0.39, 0.29) is 6.04 Å². The number of hydrogen-bond acceptors (Lipinski definition) is 4. The van der Waals surface area contributed by atoms with Crippen molar-refractivity contribution in [3.8, 4) is 5.75 Å². The molecule has 0 bridgehead atoms. The average molecular weight is 391 g/mol. The number of fused-ring (bicyclic) bond motifs is 1. The Kier molecular flexibility index (Phi) is 6.46. The summed E-state index contributed by atoms with van der Waals surface area (Å²) in [7, 11) is 5.45. The molecule has 0 spiro atoms. The minimum Gasteiger partial charge on any atom is -0.497 e. The van der Waals surface area contributed by atoms with Gasteiger partial charge >= 0.3 is 11.8 Å². The lowest BCUT2D eigenvalue weighted by Gasteiger charge is -2.26. The van der Waals surface area contributed by atoms with Gasteiger partial charge in [-0.25, -0.2) is 0 Å². The molecule has 6 nitrogen and oxygen atoms in total. The van der Waals surface area contributed by atoms with Gasteiger partial charge in [-0.2, -0.15) is 0 Å². The molecule has 29 heavy (non-hydrogen) atoms. The predicted octanol–water partition coefficient (Wildman–Crippen LogP) is 3.21. The third-order valence-electron chi connectivity index (χ3n) is 4.80. The normalized spacial score (nSPS) is 11.9. The van der Waals surface area contributed by atoms with Crippen LogP contribution in [0.3, 0.4) is 0 Å². The maximum atomic E-state index is 12.4. The van der Waals surface area contributed by atoms with Gasteiger partial charge in [0.05, 0.1) is 13.2 Å². The number of hydrogen-bond donors (Lipinski definition) is 2. The van der Waals surface area contributed by atoms with Gasteiger partial charge in [0.25, 0.3) is 0 Å². The van der Waals surface area contributed by atoms with Crippen LogP contribution < -0.4 is 15.4 Å². The van der Waals surface area contributed by atoms with E-state index in [4.69, 9.17) is 4.74 Å². The molecule has 0 aromatic heterocycles. The third-order valence-corrected chi connectivity index (χ3v) is 4.80. The van der Waals surface area contributed by atoms with E-state index in [0.29, 0.717) is 18.0 Å². The van der Waals surface area contributed by atoms with Gasteiger partial charge in [-0.3, -0.25) is 9.59 Å². The maximum absolute atomic E-state index is 12.4. The van der Waals surface area contributed by atoms with E-state index in [0.717, 1.165) is 16.3 Å². The Balaban J connectivity index is 1.70. The summed E-state index contributed by atoms with van der Waals surface area (Å²) >= 11 is 0. The lowest BCUT2D eigenvalue weighted by Crippen LogP contribution is -2.40. The monoisotopic (exact) mass is 391 g/mol. The molecule has 0 unspecified atom stereocenters. The molecule has 0 saturated heterocycles. The fourth-order valence-electron chi connectivity index (χ4n) is 3.27. The Bertz CT molecular complexity index is 1010. The van der Waals surface area contributed by atoms with Gasteiger partial charge in [0.15, 0.2) is 0 Å². The van der Waals surface area contributed by atoms with E-state index in [1.54, 1.807) is 31.4 Å². The number of likely N-dealkylation sites (N-methyl/N-ethyl adjacent to an activating group) is 1. The second kappa shape index (κ2) is 9.21. The first kappa shape index (κ1) is 20.4. The van der Waals surface area contributed by atoms with Crippen molar-refractivity contribution in [3.63, 3.8) is 0 Å². The van der Waals surface area contributed by atoms with Crippen LogP contribution in [0, 0.1) is 0 Å². The molecule has 0 saturated carbocycles. The lowest BCUT2D eigenvalue weighted by atomic mass is 9.98. The van der Waals surface area contributed by atoms with Gasteiger partial charge in [0.2, 0.25) is 0 Å². The maximum Gasteiger partial charge on any atom is 0.313 e. The van der Waals surface area contributed by atoms with Crippen molar-refractivity contribution in [2.24, 2.45) is 0 Å². The molecule has 0 aliphatic rings. The molecule has 150 valence electrons. The smallest absolute Gasteiger partial charge is 0.313 e. The van der Waals surface area contributed by atoms with E-state index in [1.165, 1.54) is 0 Å². The zero-order chi connectivity index (χ0) is 20.8. The molecular formula is C23H25N3O3. The Hall–Kier alpha value is -3.38. The van der Waals surface area contributed by atoms with Crippen molar-refractivity contribution in [2.75, 3.05) is 33.1 Å². The van der Waals surface area contributed by atoms with Crippen LogP contribution in [-0.2, 0) is 9.59 Å². The quantitative estimate of drug-likeness (QED) is 0.633. The van der Waals surface area contributed by atoms with Crippen LogP contribution in [0.5, 0.6) is 5.75 Å². The van der Waals surface area contributed by atoms with Gasteiger partial charge in [0, 0.05) is 18.3 Å². The van der Waals surface area contributed by atoms with Crippen molar-refractivity contribution < 1.29 is 14.3 Å². The van der Waals surface area contributed by atoms with E-state index in [1.807, 2.05) is 37.2 Å². The van der Waals surface area contributed by atoms with Crippen LogP contribution >= 0.6 is 0 Å². The summed E-state index contributed by atoms with van der Waals surface area (Å²) in [6, 6.07) is 21.0. The molecule has 6 heteroatoms. The zero-order valence-corrected chi connectivity index (χ0v) is 16.8. The van der Waals surface area contributed by atoms with E-state index in [9.17, 15) is 9.59 Å². The lowest BCUT2D eigenvalue weighted by molar-refractivity contribution is -0.136. The van der Waals surface area contributed by atoms with Crippen LogP contribution in [0.4, 0.5) is 5.69 Å². The van der Waals surface area contributed by atoms with Gasteiger partial charge in [0.1, 0.15) is 5.75 Å². The molecule has 0 aliphatic carbocycles. The topological polar surface area (TPSA) is 70.7 Å². The van der Waals surface area contributed by atoms with Crippen molar-refractivity contribution in [1.29, 1.82) is 0 Å². The molecule has 3 aromatic carbocycles. The number of carbonyl (C=O) groups excluding carboxylic acids is 2. The summed E-state index contributed by atoms with van der Waals surface area (Å²) in [4.78, 5) is 26.6. The fraction of sp³-hybridized carbons (Fsp3) is 0.217. The first-order chi connectivity index (χ1) is 14.0. The zero-order valence-electron chi connectivity index (χ0n) is 16.8. The fourth-order valence-corrected chi connectivity index (χ4v) is 3.27. The minimum atomic E-state index is -0.714. The number of anilines is 1. The molecule has 0 aliphatic heterocycles. The number of amides is 2. The number of carbonyl (C=O) groups is 2. The first-order valence-corrected chi connectivity index (χ1v) is 9.37. The Labute approximate surface area is 170 Å². The van der Waals surface area contributed by atoms with Crippen LogP contribution in [0.15, 0.2) is 66.7 Å². The molecular weight excluding hydrogens is 366 g/mol. The Morgan fingerprint density at radius 3 is 2.45 bits per heavy atom. The molecule has 0 radical (unpaired) electrons. The summed E-state index contributed by atoms with van der Waals surface area (Å²) in [5, 5.41) is 7.61. The highest BCUT2D eigenvalue weighted by Gasteiger charge is 2.20. The molecule has 1 atom stereocenters. The van der Waals surface area contributed by atoms with Gasteiger partial charge in [-0.05, 0) is 42.6 Å². The number of methoxy groups -OCH3 is 1. The number of rotatable bonds is 6. The Morgan fingerprint density at radius 1 is 0.966 bits per heavy atom. The number of nitrogens with one attached hydrogen (secondary N) is 2. The summed E-state index contributed by atoms with van der Waals surface area (Å²) in [6.45, 7) is 0.311. The summed E-state index contributed by atoms with van der Waals surface area (Å²) < 4.78 is 5.13. The minimum absolute atomic E-state index is 0.0744. The molecule has 0 heterocycles. The van der Waals surface area contributed by atoms with Crippen molar-refractivity contribution >= 4 is 28.3 Å². The van der Waals surface area contributed by atoms with Crippen LogP contribution in [-0.4, -0.2) is 44.5 Å². The standard InChI is InChI=1S/C23H25N3O3/c1-26(2)21(20-13-6-9-16-8-4-5-12-19(16)20)15-24-22(27)23(28)25-17-10-7-11-18(14-17)29-3/h4-14,21H,15H2,1-3H3,(H,24,27)(H,25,28)/t21-/m1/s1. The third kappa shape index (κ3) is 4.92. The van der Waals surface area contributed by atoms with Crippen LogP contribution in [0.25, 0.3) is 10.8 Å². The molecule has 0 fully saturated rings. The first-order valence-electron chi connectivity index (χ1n) is 9.37. The highest BCUT2D eigenvalue weighted by Crippen LogP contribution is 2.26. The van der Waals surface area contributed by atoms with Gasteiger partial charge < -0.3 is 20.3 Å². The van der Waals surface area contributed by atoms with Crippen molar-refractivity contribution in [1.82, 2.24) is 10.2 Å².